The van der Waals surface area contributed by atoms with Crippen LogP contribution in [0.2, 0.25) is 0 Å². The lowest BCUT2D eigenvalue weighted by Gasteiger charge is -2.07. The highest BCUT2D eigenvalue weighted by Gasteiger charge is 1.98. The molecule has 16 heavy (non-hydrogen) atoms. The second kappa shape index (κ2) is 5.22. The Kier molecular flexibility index (Phi) is 3.45. The highest BCUT2D eigenvalue weighted by atomic mass is 15.1. The Bertz CT molecular complexity index is 493. The van der Waals surface area contributed by atoms with Gasteiger partial charge in [-0.15, -0.1) is 12.3 Å². The number of nitrogens with zero attached hydrogens (tertiary/aromatic N) is 2. The summed E-state index contributed by atoms with van der Waals surface area (Å²) in [5.74, 6) is 3.73. The van der Waals surface area contributed by atoms with Gasteiger partial charge in [0, 0.05) is 25.4 Å². The van der Waals surface area contributed by atoms with Crippen molar-refractivity contribution < 1.29 is 0 Å². The Hall–Kier alpha value is -1.95. The van der Waals surface area contributed by atoms with E-state index in [1.165, 1.54) is 0 Å². The first-order valence-corrected chi connectivity index (χ1v) is 5.51. The maximum atomic E-state index is 5.20. The standard InChI is InChI=1S/C13H15N3/c1-2-3-4-5-9-14-12-7-6-8-13-15-10-11-16(12)13/h1,6-8,10-11,14H,3-5,9H2. The summed E-state index contributed by atoms with van der Waals surface area (Å²) in [6.07, 6.45) is 12.0. The molecule has 0 atom stereocenters. The Labute approximate surface area is 95.5 Å². The summed E-state index contributed by atoms with van der Waals surface area (Å²) in [5, 5.41) is 3.39. The number of pyridine rings is 1. The average molecular weight is 213 g/mol. The van der Waals surface area contributed by atoms with Crippen LogP contribution in [0.3, 0.4) is 0 Å². The van der Waals surface area contributed by atoms with Crippen LogP contribution in [-0.4, -0.2) is 15.9 Å². The van der Waals surface area contributed by atoms with Crippen molar-refractivity contribution in [3.8, 4) is 12.3 Å². The van der Waals surface area contributed by atoms with Crippen LogP contribution < -0.4 is 5.32 Å². The summed E-state index contributed by atoms with van der Waals surface area (Å²) in [6.45, 7) is 0.943. The molecule has 0 aromatic carbocycles. The van der Waals surface area contributed by atoms with Gasteiger partial charge in [-0.2, -0.15) is 0 Å². The van der Waals surface area contributed by atoms with Gasteiger partial charge in [0.25, 0.3) is 0 Å². The van der Waals surface area contributed by atoms with Crippen molar-refractivity contribution in [2.75, 3.05) is 11.9 Å². The number of nitrogens with one attached hydrogen (secondary N) is 1. The molecule has 0 aliphatic rings. The quantitative estimate of drug-likeness (QED) is 0.611. The Morgan fingerprint density at radius 1 is 1.38 bits per heavy atom. The molecule has 82 valence electrons. The minimum absolute atomic E-state index is 0.858. The van der Waals surface area contributed by atoms with Crippen LogP contribution in [0.1, 0.15) is 19.3 Å². The molecule has 0 aliphatic heterocycles. The molecule has 0 aliphatic carbocycles. The zero-order chi connectivity index (χ0) is 11.2. The third kappa shape index (κ3) is 2.34. The van der Waals surface area contributed by atoms with Gasteiger partial charge < -0.3 is 5.32 Å². The SMILES string of the molecule is C#CCCCCNc1cccc2nccn12. The van der Waals surface area contributed by atoms with Crippen molar-refractivity contribution in [3.63, 3.8) is 0 Å². The van der Waals surface area contributed by atoms with E-state index in [2.05, 4.69) is 22.3 Å². The molecule has 2 aromatic heterocycles. The summed E-state index contributed by atoms with van der Waals surface area (Å²) in [4.78, 5) is 4.23. The van der Waals surface area contributed by atoms with Crippen LogP contribution in [0.25, 0.3) is 5.65 Å². The van der Waals surface area contributed by atoms with Crippen LogP contribution in [0.4, 0.5) is 5.82 Å². The second-order valence-electron chi connectivity index (χ2n) is 3.65. The average Bonchev–Trinajstić information content (AvgIpc) is 2.77. The third-order valence-corrected chi connectivity index (χ3v) is 2.48. The van der Waals surface area contributed by atoms with Crippen molar-refractivity contribution in [2.45, 2.75) is 19.3 Å². The molecule has 1 N–H and O–H groups in total. The fraction of sp³-hybridized carbons (Fsp3) is 0.308. The molecule has 0 saturated carbocycles. The number of unbranched alkanes of at least 4 members (excludes halogenated alkanes) is 2. The van der Waals surface area contributed by atoms with Gasteiger partial charge in [0.05, 0.1) is 0 Å². The maximum Gasteiger partial charge on any atom is 0.138 e. The Morgan fingerprint density at radius 2 is 2.31 bits per heavy atom. The highest BCUT2D eigenvalue weighted by molar-refractivity contribution is 5.49. The van der Waals surface area contributed by atoms with Crippen molar-refractivity contribution in [1.29, 1.82) is 0 Å². The molecule has 0 saturated heterocycles. The monoisotopic (exact) mass is 213 g/mol. The molecule has 2 heterocycles. The van der Waals surface area contributed by atoms with Gasteiger partial charge in [0.1, 0.15) is 11.5 Å². The fourth-order valence-electron chi connectivity index (χ4n) is 1.66. The fourth-order valence-corrected chi connectivity index (χ4v) is 1.66. The molecule has 0 spiro atoms. The topological polar surface area (TPSA) is 29.3 Å². The second-order valence-corrected chi connectivity index (χ2v) is 3.65. The Balaban J connectivity index is 1.94. The van der Waals surface area contributed by atoms with Crippen LogP contribution >= 0.6 is 0 Å². The third-order valence-electron chi connectivity index (χ3n) is 2.48. The predicted octanol–water partition coefficient (Wildman–Crippen LogP) is 2.55. The van der Waals surface area contributed by atoms with Gasteiger partial charge in [-0.05, 0) is 25.0 Å². The van der Waals surface area contributed by atoms with Gasteiger partial charge in [0.2, 0.25) is 0 Å². The van der Waals surface area contributed by atoms with Crippen molar-refractivity contribution in [2.24, 2.45) is 0 Å². The first-order valence-electron chi connectivity index (χ1n) is 5.51. The summed E-state index contributed by atoms with van der Waals surface area (Å²) >= 11 is 0. The van der Waals surface area contributed by atoms with Crippen LogP contribution in [-0.2, 0) is 0 Å². The molecule has 0 unspecified atom stereocenters. The molecular weight excluding hydrogens is 198 g/mol. The van der Waals surface area contributed by atoms with E-state index in [-0.39, 0.29) is 0 Å². The largest absolute Gasteiger partial charge is 0.371 e. The summed E-state index contributed by atoms with van der Waals surface area (Å²) < 4.78 is 2.04. The van der Waals surface area contributed by atoms with E-state index >= 15 is 0 Å². The lowest BCUT2D eigenvalue weighted by atomic mass is 10.2. The van der Waals surface area contributed by atoms with E-state index in [0.29, 0.717) is 0 Å². The lowest BCUT2D eigenvalue weighted by molar-refractivity contribution is 0.786. The van der Waals surface area contributed by atoms with E-state index in [1.54, 1.807) is 6.20 Å². The number of imidazole rings is 1. The van der Waals surface area contributed by atoms with Gasteiger partial charge in [-0.25, -0.2) is 4.98 Å². The zero-order valence-electron chi connectivity index (χ0n) is 9.19. The minimum Gasteiger partial charge on any atom is -0.371 e. The zero-order valence-corrected chi connectivity index (χ0v) is 9.19. The summed E-state index contributed by atoms with van der Waals surface area (Å²) in [5.41, 5.74) is 0.966. The first-order chi connectivity index (χ1) is 7.92. The van der Waals surface area contributed by atoms with E-state index in [0.717, 1.165) is 37.3 Å². The molecule has 0 radical (unpaired) electrons. The van der Waals surface area contributed by atoms with Gasteiger partial charge in [0.15, 0.2) is 0 Å². The van der Waals surface area contributed by atoms with Crippen LogP contribution in [0, 0.1) is 12.3 Å². The van der Waals surface area contributed by atoms with Crippen molar-refractivity contribution in [3.05, 3.63) is 30.6 Å². The molecule has 0 bridgehead atoms. The first kappa shape index (κ1) is 10.6. The maximum absolute atomic E-state index is 5.20. The van der Waals surface area contributed by atoms with E-state index in [4.69, 9.17) is 6.42 Å². The van der Waals surface area contributed by atoms with Crippen LogP contribution in [0.5, 0.6) is 0 Å². The molecule has 0 amide bonds. The summed E-state index contributed by atoms with van der Waals surface area (Å²) in [6, 6.07) is 6.05. The summed E-state index contributed by atoms with van der Waals surface area (Å²) in [7, 11) is 0. The Morgan fingerprint density at radius 3 is 3.19 bits per heavy atom. The van der Waals surface area contributed by atoms with E-state index in [1.807, 2.05) is 22.7 Å². The van der Waals surface area contributed by atoms with Gasteiger partial charge >= 0.3 is 0 Å². The van der Waals surface area contributed by atoms with E-state index in [9.17, 15) is 0 Å². The van der Waals surface area contributed by atoms with Crippen molar-refractivity contribution >= 4 is 11.5 Å². The smallest absolute Gasteiger partial charge is 0.138 e. The number of fused-ring (bicyclic) bond motifs is 1. The predicted molar refractivity (Wildman–Crippen MR) is 66.4 cm³/mol. The molecule has 2 aromatic rings. The number of hydrogen-bond acceptors (Lipinski definition) is 2. The molecule has 3 heteroatoms. The normalized spacial score (nSPS) is 10.2. The minimum atomic E-state index is 0.858. The molecule has 3 nitrogen and oxygen atoms in total. The number of rotatable bonds is 5. The number of terminal acetylenes is 1. The number of anilines is 1. The highest BCUT2D eigenvalue weighted by Crippen LogP contribution is 2.10. The van der Waals surface area contributed by atoms with Gasteiger partial charge in [-0.3, -0.25) is 4.40 Å². The molecule has 2 rings (SSSR count). The van der Waals surface area contributed by atoms with Gasteiger partial charge in [-0.1, -0.05) is 6.07 Å². The molecule has 0 fully saturated rings. The van der Waals surface area contributed by atoms with Crippen molar-refractivity contribution in [1.82, 2.24) is 9.38 Å². The molecular formula is C13H15N3. The number of hydrogen-bond donors (Lipinski definition) is 1. The number of aromatic nitrogens is 2. The van der Waals surface area contributed by atoms with Crippen LogP contribution in [0.15, 0.2) is 30.6 Å². The van der Waals surface area contributed by atoms with E-state index < -0.39 is 0 Å². The lowest BCUT2D eigenvalue weighted by Crippen LogP contribution is -2.05.